The number of carboxylic acid groups (broad SMARTS) is 1. The highest BCUT2D eigenvalue weighted by Gasteiger charge is 2.28. The van der Waals surface area contributed by atoms with Crippen LogP contribution in [-0.2, 0) is 14.3 Å². The summed E-state index contributed by atoms with van der Waals surface area (Å²) >= 11 is 0. The van der Waals surface area contributed by atoms with Crippen LogP contribution in [0.3, 0.4) is 0 Å². The van der Waals surface area contributed by atoms with Crippen LogP contribution in [0.4, 0.5) is 0 Å². The largest absolute Gasteiger partial charge is 0.478 e. The molecule has 1 N–H and O–H groups in total. The highest BCUT2D eigenvalue weighted by atomic mass is 16.6. The first-order valence-corrected chi connectivity index (χ1v) is 5.12. The predicted molar refractivity (Wildman–Crippen MR) is 58.6 cm³/mol. The van der Waals surface area contributed by atoms with Gasteiger partial charge in [-0.3, -0.25) is 4.79 Å². The predicted octanol–water partition coefficient (Wildman–Crippen LogP) is 2.47. The van der Waals surface area contributed by atoms with Crippen molar-refractivity contribution in [2.45, 2.75) is 53.1 Å². The fraction of sp³-hybridized carbons (Fsp3) is 0.818. The Morgan fingerprint density at radius 1 is 1.47 bits per heavy atom. The molecule has 90 valence electrons. The number of carbonyl (C=O) groups is 2. The second kappa shape index (κ2) is 8.26. The van der Waals surface area contributed by atoms with Crippen LogP contribution in [0.2, 0.25) is 0 Å². The molecule has 0 aliphatic rings. The molecule has 0 unspecified atom stereocenters. The number of ether oxygens (including phenoxy) is 1. The van der Waals surface area contributed by atoms with Crippen LogP contribution in [0.1, 0.15) is 47.5 Å². The second-order valence-electron chi connectivity index (χ2n) is 4.21. The van der Waals surface area contributed by atoms with Gasteiger partial charge in [0.05, 0.1) is 0 Å². The molecule has 0 aliphatic carbocycles. The molecule has 0 saturated carbocycles. The molecule has 0 heterocycles. The van der Waals surface area contributed by atoms with Gasteiger partial charge in [0.25, 0.3) is 6.47 Å². The zero-order chi connectivity index (χ0) is 12.5. The summed E-state index contributed by atoms with van der Waals surface area (Å²) in [5.74, 6) is -0.260. The molecule has 0 aliphatic heterocycles. The van der Waals surface area contributed by atoms with Crippen LogP contribution in [0.25, 0.3) is 0 Å². The van der Waals surface area contributed by atoms with Crippen molar-refractivity contribution >= 4 is 12.4 Å². The molecular formula is C11H22O4. The summed E-state index contributed by atoms with van der Waals surface area (Å²) in [5, 5.41) is 8.29. The standard InChI is InChI=1S/C6H14.C5H8O4/c1-4-5-6(2)3;1-5(2,4(7)8)9-3-6/h6H,4-5H2,1-3H3;3H,1-2H3,(H,7,8). The summed E-state index contributed by atoms with van der Waals surface area (Å²) in [5.41, 5.74) is -1.40. The van der Waals surface area contributed by atoms with Crippen molar-refractivity contribution in [2.75, 3.05) is 0 Å². The Hall–Kier alpha value is -1.06. The van der Waals surface area contributed by atoms with Gasteiger partial charge in [0.15, 0.2) is 0 Å². The first-order chi connectivity index (χ1) is 6.77. The summed E-state index contributed by atoms with van der Waals surface area (Å²) < 4.78 is 4.21. The van der Waals surface area contributed by atoms with Gasteiger partial charge in [0.1, 0.15) is 0 Å². The Kier molecular flexibility index (Phi) is 9.02. The molecule has 0 atom stereocenters. The molecule has 4 nitrogen and oxygen atoms in total. The minimum atomic E-state index is -1.40. The molecule has 4 heteroatoms. The number of carboxylic acids is 1. The summed E-state index contributed by atoms with van der Waals surface area (Å²) in [7, 11) is 0. The Bertz CT molecular complexity index is 185. The Morgan fingerprint density at radius 2 is 1.93 bits per heavy atom. The molecule has 15 heavy (non-hydrogen) atoms. The number of hydrogen-bond donors (Lipinski definition) is 1. The van der Waals surface area contributed by atoms with Crippen molar-refractivity contribution in [2.24, 2.45) is 5.92 Å². The van der Waals surface area contributed by atoms with Crippen LogP contribution in [0.15, 0.2) is 0 Å². The normalized spacial score (nSPS) is 10.3. The summed E-state index contributed by atoms with van der Waals surface area (Å²) in [4.78, 5) is 19.8. The number of hydrogen-bond acceptors (Lipinski definition) is 3. The van der Waals surface area contributed by atoms with Gasteiger partial charge in [-0.05, 0) is 19.8 Å². The van der Waals surface area contributed by atoms with E-state index in [1.807, 2.05) is 0 Å². The molecule has 0 radical (unpaired) electrons. The van der Waals surface area contributed by atoms with Crippen molar-refractivity contribution in [3.8, 4) is 0 Å². The topological polar surface area (TPSA) is 63.6 Å². The van der Waals surface area contributed by atoms with Gasteiger partial charge < -0.3 is 9.84 Å². The summed E-state index contributed by atoms with van der Waals surface area (Å²) in [6.45, 7) is 9.44. The maximum absolute atomic E-state index is 10.1. The lowest BCUT2D eigenvalue weighted by Crippen LogP contribution is -2.34. The van der Waals surface area contributed by atoms with Crippen LogP contribution < -0.4 is 0 Å². The van der Waals surface area contributed by atoms with Crippen molar-refractivity contribution < 1.29 is 19.4 Å². The average Bonchev–Trinajstić information content (AvgIpc) is 2.04. The fourth-order valence-electron chi connectivity index (χ4n) is 0.748. The van der Waals surface area contributed by atoms with Crippen LogP contribution in [0.5, 0.6) is 0 Å². The maximum Gasteiger partial charge on any atom is 0.347 e. The maximum atomic E-state index is 10.1. The molecule has 0 rings (SSSR count). The van der Waals surface area contributed by atoms with Crippen molar-refractivity contribution in [3.05, 3.63) is 0 Å². The van der Waals surface area contributed by atoms with Crippen molar-refractivity contribution in [3.63, 3.8) is 0 Å². The van der Waals surface area contributed by atoms with Gasteiger partial charge in [-0.25, -0.2) is 4.79 Å². The van der Waals surface area contributed by atoms with E-state index in [0.29, 0.717) is 0 Å². The molecule has 0 spiro atoms. The molecule has 0 aromatic rings. The monoisotopic (exact) mass is 218 g/mol. The molecule has 0 aromatic carbocycles. The first-order valence-electron chi connectivity index (χ1n) is 5.12. The zero-order valence-corrected chi connectivity index (χ0v) is 10.2. The molecule has 0 fully saturated rings. The van der Waals surface area contributed by atoms with Crippen LogP contribution in [-0.4, -0.2) is 23.1 Å². The third-order valence-corrected chi connectivity index (χ3v) is 1.72. The van der Waals surface area contributed by atoms with Gasteiger partial charge >= 0.3 is 5.97 Å². The molecule has 0 amide bonds. The van der Waals surface area contributed by atoms with E-state index in [0.717, 1.165) is 5.92 Å². The van der Waals surface area contributed by atoms with Crippen LogP contribution in [0, 0.1) is 5.92 Å². The van der Waals surface area contributed by atoms with E-state index >= 15 is 0 Å². The Balaban J connectivity index is 0. The SMILES string of the molecule is CC(C)(OC=O)C(=O)O.CCCC(C)C. The highest BCUT2D eigenvalue weighted by molar-refractivity contribution is 5.77. The Labute approximate surface area is 91.6 Å². The number of carbonyl (C=O) groups excluding carboxylic acids is 1. The highest BCUT2D eigenvalue weighted by Crippen LogP contribution is 2.05. The number of aliphatic carboxylic acids is 1. The quantitative estimate of drug-likeness (QED) is 0.720. The van der Waals surface area contributed by atoms with Gasteiger partial charge in [0.2, 0.25) is 5.60 Å². The molecular weight excluding hydrogens is 196 g/mol. The molecule has 0 aromatic heterocycles. The first kappa shape index (κ1) is 16.4. The molecule has 0 bridgehead atoms. The zero-order valence-electron chi connectivity index (χ0n) is 10.2. The van der Waals surface area contributed by atoms with E-state index < -0.39 is 11.6 Å². The fourth-order valence-corrected chi connectivity index (χ4v) is 0.748. The van der Waals surface area contributed by atoms with Crippen molar-refractivity contribution in [1.82, 2.24) is 0 Å². The van der Waals surface area contributed by atoms with Gasteiger partial charge in [-0.1, -0.05) is 33.6 Å². The van der Waals surface area contributed by atoms with E-state index in [4.69, 9.17) is 5.11 Å². The summed E-state index contributed by atoms with van der Waals surface area (Å²) in [6, 6.07) is 0. The summed E-state index contributed by atoms with van der Waals surface area (Å²) in [6.07, 6.45) is 2.71. The van der Waals surface area contributed by atoms with Gasteiger partial charge in [-0.15, -0.1) is 0 Å². The smallest absolute Gasteiger partial charge is 0.347 e. The third-order valence-electron chi connectivity index (χ3n) is 1.72. The number of rotatable bonds is 5. The Morgan fingerprint density at radius 3 is 2.00 bits per heavy atom. The van der Waals surface area contributed by atoms with E-state index in [2.05, 4.69) is 25.5 Å². The lowest BCUT2D eigenvalue weighted by molar-refractivity contribution is -0.166. The van der Waals surface area contributed by atoms with Crippen LogP contribution >= 0.6 is 0 Å². The minimum absolute atomic E-state index is 0.119. The molecule has 0 saturated heterocycles. The second-order valence-corrected chi connectivity index (χ2v) is 4.21. The van der Waals surface area contributed by atoms with Crippen molar-refractivity contribution in [1.29, 1.82) is 0 Å². The van der Waals surface area contributed by atoms with E-state index in [-0.39, 0.29) is 6.47 Å². The van der Waals surface area contributed by atoms with E-state index in [1.54, 1.807) is 0 Å². The minimum Gasteiger partial charge on any atom is -0.478 e. The van der Waals surface area contributed by atoms with E-state index in [1.165, 1.54) is 26.7 Å². The lowest BCUT2D eigenvalue weighted by Gasteiger charge is -2.15. The third kappa shape index (κ3) is 10.9. The van der Waals surface area contributed by atoms with Gasteiger partial charge in [0, 0.05) is 0 Å². The average molecular weight is 218 g/mol. The van der Waals surface area contributed by atoms with Gasteiger partial charge in [-0.2, -0.15) is 0 Å². The van der Waals surface area contributed by atoms with E-state index in [9.17, 15) is 9.59 Å². The lowest BCUT2D eigenvalue weighted by atomic mass is 10.1.